The number of esters is 3. The van der Waals surface area contributed by atoms with Gasteiger partial charge in [-0.2, -0.15) is 0 Å². The predicted molar refractivity (Wildman–Crippen MR) is 124 cm³/mol. The van der Waals surface area contributed by atoms with Gasteiger partial charge in [0.05, 0.1) is 16.7 Å². The Kier molecular flexibility index (Phi) is 8.06. The minimum Gasteiger partial charge on any atom is -0.452 e. The summed E-state index contributed by atoms with van der Waals surface area (Å²) in [5.41, 5.74) is 0.530. The Bertz CT molecular complexity index is 1170. The molecule has 9 heteroatoms. The molecule has 1 saturated heterocycles. The maximum atomic E-state index is 12.9. The Labute approximate surface area is 206 Å². The van der Waals surface area contributed by atoms with E-state index in [1.807, 2.05) is 0 Å². The SMILES string of the molecule is O=C(O[C@@H]1[C@@H](OC(=O)c2ccccc2)[C@@H](O)O[C@H]([CH]O)[C@@H]1OC(=O)c1ccccc1)c1ccccc1. The van der Waals surface area contributed by atoms with Gasteiger partial charge in [0.2, 0.25) is 0 Å². The third kappa shape index (κ3) is 5.77. The van der Waals surface area contributed by atoms with Crippen LogP contribution in [0.2, 0.25) is 0 Å². The number of rotatable bonds is 7. The summed E-state index contributed by atoms with van der Waals surface area (Å²) in [5, 5.41) is 20.4. The largest absolute Gasteiger partial charge is 0.452 e. The average molecular weight is 491 g/mol. The lowest BCUT2D eigenvalue weighted by Crippen LogP contribution is -2.61. The van der Waals surface area contributed by atoms with Crippen LogP contribution in [0.15, 0.2) is 91.0 Å². The maximum absolute atomic E-state index is 12.9. The number of aliphatic hydroxyl groups is 2. The first-order valence-corrected chi connectivity index (χ1v) is 11.1. The minimum atomic E-state index is -1.81. The number of hydrogen-bond acceptors (Lipinski definition) is 9. The molecule has 1 aliphatic rings. The van der Waals surface area contributed by atoms with Crippen LogP contribution in [0, 0.1) is 6.61 Å². The number of carbonyl (C=O) groups is 3. The molecule has 0 aromatic heterocycles. The first kappa shape index (κ1) is 25.1. The number of carbonyl (C=O) groups excluding carboxylic acids is 3. The number of aliphatic hydroxyl groups excluding tert-OH is 2. The van der Waals surface area contributed by atoms with Crippen molar-refractivity contribution < 1.29 is 43.5 Å². The number of benzene rings is 3. The molecule has 1 aliphatic heterocycles. The summed E-state index contributed by atoms with van der Waals surface area (Å²) < 4.78 is 22.0. The first-order chi connectivity index (χ1) is 17.5. The Morgan fingerprint density at radius 3 is 1.36 bits per heavy atom. The lowest BCUT2D eigenvalue weighted by molar-refractivity contribution is -0.277. The van der Waals surface area contributed by atoms with Gasteiger partial charge in [-0.05, 0) is 36.4 Å². The van der Waals surface area contributed by atoms with Crippen LogP contribution < -0.4 is 0 Å². The van der Waals surface area contributed by atoms with Crippen LogP contribution in [0.1, 0.15) is 31.1 Å². The molecule has 4 rings (SSSR count). The molecule has 1 radical (unpaired) electrons. The van der Waals surface area contributed by atoms with Crippen LogP contribution in [-0.4, -0.2) is 58.8 Å². The van der Waals surface area contributed by atoms with Crippen molar-refractivity contribution in [3.05, 3.63) is 114 Å². The molecule has 0 aliphatic carbocycles. The molecule has 36 heavy (non-hydrogen) atoms. The summed E-state index contributed by atoms with van der Waals surface area (Å²) in [4.78, 5) is 38.5. The highest BCUT2D eigenvalue weighted by atomic mass is 16.7. The van der Waals surface area contributed by atoms with Crippen LogP contribution >= 0.6 is 0 Å². The quantitative estimate of drug-likeness (QED) is 0.379. The second-order valence-electron chi connectivity index (χ2n) is 7.85. The summed E-state index contributed by atoms with van der Waals surface area (Å²) >= 11 is 0. The van der Waals surface area contributed by atoms with Crippen molar-refractivity contribution in [3.8, 4) is 0 Å². The molecule has 2 N–H and O–H groups in total. The smallest absolute Gasteiger partial charge is 0.338 e. The van der Waals surface area contributed by atoms with Crippen molar-refractivity contribution in [3.63, 3.8) is 0 Å². The third-order valence-electron chi connectivity index (χ3n) is 5.45. The monoisotopic (exact) mass is 491 g/mol. The lowest BCUT2D eigenvalue weighted by atomic mass is 9.98. The van der Waals surface area contributed by atoms with Gasteiger partial charge < -0.3 is 29.2 Å². The molecule has 0 saturated carbocycles. The van der Waals surface area contributed by atoms with Crippen molar-refractivity contribution in [1.29, 1.82) is 0 Å². The van der Waals surface area contributed by atoms with Gasteiger partial charge in [-0.15, -0.1) is 0 Å². The van der Waals surface area contributed by atoms with Gasteiger partial charge in [0.15, 0.2) is 24.6 Å². The van der Waals surface area contributed by atoms with Crippen molar-refractivity contribution in [2.75, 3.05) is 0 Å². The zero-order chi connectivity index (χ0) is 25.5. The van der Waals surface area contributed by atoms with Crippen LogP contribution in [-0.2, 0) is 18.9 Å². The molecule has 1 heterocycles. The molecular weight excluding hydrogens is 468 g/mol. The maximum Gasteiger partial charge on any atom is 0.338 e. The minimum absolute atomic E-state index is 0.171. The number of ether oxygens (including phenoxy) is 4. The van der Waals surface area contributed by atoms with Crippen molar-refractivity contribution in [2.24, 2.45) is 0 Å². The highest BCUT2D eigenvalue weighted by molar-refractivity contribution is 5.91. The highest BCUT2D eigenvalue weighted by Crippen LogP contribution is 2.30. The van der Waals surface area contributed by atoms with E-state index in [1.165, 1.54) is 36.4 Å². The molecule has 3 aromatic carbocycles. The third-order valence-corrected chi connectivity index (χ3v) is 5.45. The topological polar surface area (TPSA) is 129 Å². The molecule has 0 unspecified atom stereocenters. The summed E-state index contributed by atoms with van der Waals surface area (Å²) in [5.74, 6) is -2.46. The predicted octanol–water partition coefficient (Wildman–Crippen LogP) is 2.91. The Morgan fingerprint density at radius 2 is 0.972 bits per heavy atom. The summed E-state index contributed by atoms with van der Waals surface area (Å²) in [7, 11) is 0. The fourth-order valence-electron chi connectivity index (χ4n) is 3.66. The summed E-state index contributed by atoms with van der Waals surface area (Å²) in [6.07, 6.45) is -7.79. The second-order valence-corrected chi connectivity index (χ2v) is 7.85. The van der Waals surface area contributed by atoms with Crippen molar-refractivity contribution in [2.45, 2.75) is 30.7 Å². The Balaban J connectivity index is 1.66. The zero-order valence-corrected chi connectivity index (χ0v) is 18.9. The number of hydrogen-bond donors (Lipinski definition) is 2. The first-order valence-electron chi connectivity index (χ1n) is 11.1. The van der Waals surface area contributed by atoms with Gasteiger partial charge in [0, 0.05) is 0 Å². The van der Waals surface area contributed by atoms with E-state index >= 15 is 0 Å². The molecule has 1 fully saturated rings. The van der Waals surface area contributed by atoms with E-state index in [9.17, 15) is 24.6 Å². The second kappa shape index (κ2) is 11.6. The van der Waals surface area contributed by atoms with E-state index in [1.54, 1.807) is 54.6 Å². The Hall–Kier alpha value is -4.05. The van der Waals surface area contributed by atoms with Crippen LogP contribution in [0.4, 0.5) is 0 Å². The van der Waals surface area contributed by atoms with E-state index in [0.29, 0.717) is 6.61 Å². The Morgan fingerprint density at radius 1 is 0.611 bits per heavy atom. The molecule has 0 spiro atoms. The normalized spacial score (nSPS) is 23.3. The van der Waals surface area contributed by atoms with Crippen molar-refractivity contribution >= 4 is 17.9 Å². The average Bonchev–Trinajstić information content (AvgIpc) is 2.93. The van der Waals surface area contributed by atoms with Gasteiger partial charge in [-0.25, -0.2) is 14.4 Å². The standard InChI is InChI=1S/C27H23O9/c28-16-20-21(34-24(29)17-10-4-1-5-11-17)22(35-25(30)18-12-6-2-7-13-18)23(27(32)33-20)36-26(31)19-14-8-3-9-15-19/h1-16,20-23,27-28,32H/t20-,21+,22+,23-,27+/m1/s1. The van der Waals surface area contributed by atoms with Gasteiger partial charge in [-0.1, -0.05) is 54.6 Å². The van der Waals surface area contributed by atoms with Gasteiger partial charge in [0.1, 0.15) is 12.7 Å². The summed E-state index contributed by atoms with van der Waals surface area (Å²) in [6, 6.07) is 23.9. The van der Waals surface area contributed by atoms with E-state index in [0.717, 1.165) is 0 Å². The molecular formula is C27H23O9. The van der Waals surface area contributed by atoms with Gasteiger partial charge in [-0.3, -0.25) is 0 Å². The lowest BCUT2D eigenvalue weighted by Gasteiger charge is -2.42. The van der Waals surface area contributed by atoms with E-state index < -0.39 is 48.6 Å². The molecule has 5 atom stereocenters. The molecule has 185 valence electrons. The van der Waals surface area contributed by atoms with Crippen LogP contribution in [0.25, 0.3) is 0 Å². The van der Waals surface area contributed by atoms with E-state index in [2.05, 4.69) is 0 Å². The molecule has 0 bridgehead atoms. The van der Waals surface area contributed by atoms with E-state index in [4.69, 9.17) is 18.9 Å². The van der Waals surface area contributed by atoms with Gasteiger partial charge in [0.25, 0.3) is 0 Å². The fourth-order valence-corrected chi connectivity index (χ4v) is 3.66. The zero-order valence-electron chi connectivity index (χ0n) is 18.9. The summed E-state index contributed by atoms with van der Waals surface area (Å²) in [6.45, 7) is 0.560. The van der Waals surface area contributed by atoms with E-state index in [-0.39, 0.29) is 16.7 Å². The highest BCUT2D eigenvalue weighted by Gasteiger charge is 2.52. The van der Waals surface area contributed by atoms with Crippen molar-refractivity contribution in [1.82, 2.24) is 0 Å². The van der Waals surface area contributed by atoms with Crippen LogP contribution in [0.5, 0.6) is 0 Å². The van der Waals surface area contributed by atoms with Gasteiger partial charge >= 0.3 is 17.9 Å². The molecule has 9 nitrogen and oxygen atoms in total. The molecule has 0 amide bonds. The fraction of sp³-hybridized carbons (Fsp3) is 0.185. The van der Waals surface area contributed by atoms with Crippen LogP contribution in [0.3, 0.4) is 0 Å². The molecule has 3 aromatic rings.